The van der Waals surface area contributed by atoms with Gasteiger partial charge in [0.05, 0.1) is 6.61 Å². The number of hydrogen-bond donors (Lipinski definition) is 7. The second-order valence-corrected chi connectivity index (χ2v) is 6.84. The van der Waals surface area contributed by atoms with E-state index in [1.807, 2.05) is 0 Å². The summed E-state index contributed by atoms with van der Waals surface area (Å²) in [4.78, 5) is 33.0. The molecular formula is C4H15NO8P2. The van der Waals surface area contributed by atoms with Crippen molar-refractivity contribution in [2.75, 3.05) is 13.2 Å². The van der Waals surface area contributed by atoms with Crippen molar-refractivity contribution in [2.45, 2.75) is 12.0 Å². The van der Waals surface area contributed by atoms with Crippen LogP contribution in [0.4, 0.5) is 0 Å². The van der Waals surface area contributed by atoms with Crippen molar-refractivity contribution in [1.82, 2.24) is 0 Å². The van der Waals surface area contributed by atoms with Crippen molar-refractivity contribution in [2.24, 2.45) is 5.73 Å². The first-order valence-corrected chi connectivity index (χ1v) is 6.79. The first kappa shape index (κ1) is 17.6. The lowest BCUT2D eigenvalue weighted by molar-refractivity contribution is 0.146. The van der Waals surface area contributed by atoms with Gasteiger partial charge in [0, 0.05) is 6.54 Å². The molecule has 0 atom stereocenters. The quantitative estimate of drug-likeness (QED) is 0.283. The molecule has 0 radical (unpaired) electrons. The number of nitrogens with two attached hydrogens (primary N) is 1. The molecule has 9 nitrogen and oxygen atoms in total. The molecule has 15 heavy (non-hydrogen) atoms. The van der Waals surface area contributed by atoms with Gasteiger partial charge in [0.25, 0.3) is 5.08 Å². The molecule has 0 rings (SSSR count). The zero-order valence-corrected chi connectivity index (χ0v) is 9.67. The predicted octanol–water partition coefficient (Wildman–Crippen LogP) is -2.05. The van der Waals surface area contributed by atoms with Crippen LogP contribution in [0, 0.1) is 0 Å². The lowest BCUT2D eigenvalue weighted by atomic mass is 10.8. The number of hydrogen-bond acceptors (Lipinski definition) is 5. The topological polar surface area (TPSA) is 182 Å². The number of aliphatic hydroxyl groups excluding tert-OH is 1. The molecule has 0 saturated heterocycles. The van der Waals surface area contributed by atoms with E-state index in [-0.39, 0.29) is 6.61 Å². The van der Waals surface area contributed by atoms with E-state index in [4.69, 9.17) is 35.5 Å². The first-order valence-electron chi connectivity index (χ1n) is 3.56. The summed E-state index contributed by atoms with van der Waals surface area (Å²) in [6.45, 7) is 0.856. The third-order valence-electron chi connectivity index (χ3n) is 1.23. The van der Waals surface area contributed by atoms with Crippen molar-refractivity contribution < 1.29 is 38.9 Å². The first-order chi connectivity index (χ1) is 6.41. The lowest BCUT2D eigenvalue weighted by Crippen LogP contribution is -2.23. The van der Waals surface area contributed by atoms with Crippen LogP contribution in [0.1, 0.15) is 6.92 Å². The van der Waals surface area contributed by atoms with E-state index in [9.17, 15) is 9.13 Å². The van der Waals surface area contributed by atoms with Gasteiger partial charge in [-0.3, -0.25) is 9.13 Å². The fourth-order valence-corrected chi connectivity index (χ4v) is 1.53. The molecule has 94 valence electrons. The minimum atomic E-state index is -5.20. The van der Waals surface area contributed by atoms with Gasteiger partial charge in [-0.05, 0) is 6.92 Å². The van der Waals surface area contributed by atoms with E-state index in [1.54, 1.807) is 0 Å². The van der Waals surface area contributed by atoms with Crippen molar-refractivity contribution in [1.29, 1.82) is 0 Å². The van der Waals surface area contributed by atoms with Gasteiger partial charge in [0.2, 0.25) is 0 Å². The van der Waals surface area contributed by atoms with E-state index >= 15 is 0 Å². The zero-order chi connectivity index (χ0) is 12.9. The molecule has 0 aromatic rings. The standard InChI is InChI=1S/C2H7NO.C2H8O7P2/c3-1-2-4;1-2(3,10(4,5)6)11(7,8)9/h4H,1-3H2;3H,1H3,(H2,4,5,6)(H2,7,8,9). The summed E-state index contributed by atoms with van der Waals surface area (Å²) >= 11 is 0. The van der Waals surface area contributed by atoms with Gasteiger partial charge in [-0.15, -0.1) is 0 Å². The van der Waals surface area contributed by atoms with Crippen LogP contribution in [0.3, 0.4) is 0 Å². The fraction of sp³-hybridized carbons (Fsp3) is 1.00. The second-order valence-electron chi connectivity index (χ2n) is 2.57. The van der Waals surface area contributed by atoms with Crippen molar-refractivity contribution >= 4 is 15.2 Å². The zero-order valence-electron chi connectivity index (χ0n) is 7.89. The lowest BCUT2D eigenvalue weighted by Gasteiger charge is -2.24. The molecule has 0 aliphatic heterocycles. The van der Waals surface area contributed by atoms with E-state index < -0.39 is 20.3 Å². The largest absolute Gasteiger partial charge is 0.395 e. The molecule has 0 unspecified atom stereocenters. The average molecular weight is 267 g/mol. The normalized spacial score (nSPS) is 13.1. The Morgan fingerprint density at radius 3 is 1.33 bits per heavy atom. The molecule has 11 heteroatoms. The van der Waals surface area contributed by atoms with Crippen LogP contribution in [0.25, 0.3) is 0 Å². The van der Waals surface area contributed by atoms with E-state index in [0.29, 0.717) is 13.5 Å². The van der Waals surface area contributed by atoms with Crippen LogP contribution in [-0.2, 0) is 9.13 Å². The van der Waals surface area contributed by atoms with E-state index in [0.717, 1.165) is 0 Å². The van der Waals surface area contributed by atoms with Gasteiger partial charge >= 0.3 is 15.2 Å². The van der Waals surface area contributed by atoms with Crippen molar-refractivity contribution in [3.63, 3.8) is 0 Å². The summed E-state index contributed by atoms with van der Waals surface area (Å²) in [6.07, 6.45) is 0. The molecule has 0 heterocycles. The Hall–Kier alpha value is 0.180. The van der Waals surface area contributed by atoms with Gasteiger partial charge in [0.1, 0.15) is 0 Å². The summed E-state index contributed by atoms with van der Waals surface area (Å²) in [6, 6.07) is 0. The summed E-state index contributed by atoms with van der Waals surface area (Å²) in [5, 5.41) is 13.1. The molecule has 8 N–H and O–H groups in total. The number of rotatable bonds is 3. The molecule has 0 aliphatic rings. The minimum absolute atomic E-state index is 0.0972. The molecule has 0 spiro atoms. The molecule has 0 aromatic carbocycles. The van der Waals surface area contributed by atoms with Crippen molar-refractivity contribution in [3.05, 3.63) is 0 Å². The smallest absolute Gasteiger partial charge is 0.369 e. The van der Waals surface area contributed by atoms with Crippen LogP contribution in [0.15, 0.2) is 0 Å². The summed E-state index contributed by atoms with van der Waals surface area (Å²) in [5.74, 6) is 0. The third-order valence-corrected chi connectivity index (χ3v) is 5.00. The maximum absolute atomic E-state index is 10.3. The molecule has 0 bridgehead atoms. The molecule has 0 aliphatic carbocycles. The highest BCUT2D eigenvalue weighted by Gasteiger charge is 2.55. The predicted molar refractivity (Wildman–Crippen MR) is 50.9 cm³/mol. The van der Waals surface area contributed by atoms with Crippen LogP contribution < -0.4 is 5.73 Å². The fourth-order valence-electron chi connectivity index (χ4n) is 0.170. The average Bonchev–Trinajstić information content (AvgIpc) is 2.01. The van der Waals surface area contributed by atoms with Gasteiger partial charge in [0.15, 0.2) is 0 Å². The molecule has 0 fully saturated rings. The van der Waals surface area contributed by atoms with Gasteiger partial charge in [-0.2, -0.15) is 0 Å². The second kappa shape index (κ2) is 6.05. The van der Waals surface area contributed by atoms with Gasteiger partial charge < -0.3 is 35.5 Å². The Balaban J connectivity index is 0. The molecule has 0 aromatic heterocycles. The molecular weight excluding hydrogens is 252 g/mol. The van der Waals surface area contributed by atoms with Crippen LogP contribution >= 0.6 is 15.2 Å². The maximum Gasteiger partial charge on any atom is 0.369 e. The Bertz CT molecular complexity index is 240. The highest BCUT2D eigenvalue weighted by atomic mass is 31.2. The van der Waals surface area contributed by atoms with E-state index in [1.165, 1.54) is 0 Å². The highest BCUT2D eigenvalue weighted by Crippen LogP contribution is 2.66. The van der Waals surface area contributed by atoms with Gasteiger partial charge in [-0.25, -0.2) is 0 Å². The monoisotopic (exact) mass is 267 g/mol. The third kappa shape index (κ3) is 5.72. The molecule has 0 amide bonds. The van der Waals surface area contributed by atoms with Crippen LogP contribution in [0.5, 0.6) is 0 Å². The van der Waals surface area contributed by atoms with Crippen LogP contribution in [0.2, 0.25) is 0 Å². The van der Waals surface area contributed by atoms with Gasteiger partial charge in [-0.1, -0.05) is 0 Å². The highest BCUT2D eigenvalue weighted by molar-refractivity contribution is 7.71. The Labute approximate surface area is 85.9 Å². The van der Waals surface area contributed by atoms with Crippen LogP contribution in [-0.4, -0.2) is 48.0 Å². The maximum atomic E-state index is 10.3. The Morgan fingerprint density at radius 2 is 1.33 bits per heavy atom. The summed E-state index contributed by atoms with van der Waals surface area (Å²) in [7, 11) is -10.4. The molecule has 0 saturated carbocycles. The SMILES string of the molecule is CC(O)(P(=O)(O)O)P(=O)(O)O.NCCO. The number of aliphatic hydroxyl groups is 2. The Kier molecular flexibility index (Phi) is 7.09. The van der Waals surface area contributed by atoms with E-state index in [2.05, 4.69) is 0 Å². The summed E-state index contributed by atoms with van der Waals surface area (Å²) in [5.41, 5.74) is 4.78. The summed E-state index contributed by atoms with van der Waals surface area (Å²) < 4.78 is 20.5. The minimum Gasteiger partial charge on any atom is -0.395 e. The van der Waals surface area contributed by atoms with Crippen molar-refractivity contribution in [3.8, 4) is 0 Å². The Morgan fingerprint density at radius 1 is 1.13 bits per heavy atom.